The molecule has 0 saturated carbocycles. The first kappa shape index (κ1) is 11.4. The van der Waals surface area contributed by atoms with Crippen molar-refractivity contribution in [3.63, 3.8) is 0 Å². The predicted octanol–water partition coefficient (Wildman–Crippen LogP) is 4.53. The molecule has 1 heterocycles. The Morgan fingerprint density at radius 3 is 2.53 bits per heavy atom. The maximum Gasteiger partial charge on any atom is 0.147 e. The Morgan fingerprint density at radius 2 is 1.87 bits per heavy atom. The van der Waals surface area contributed by atoms with Gasteiger partial charge >= 0.3 is 0 Å². The molecule has 1 aromatic heterocycles. The summed E-state index contributed by atoms with van der Waals surface area (Å²) in [5.41, 5.74) is 2.46. The summed E-state index contributed by atoms with van der Waals surface area (Å²) in [6, 6.07) is 10.2. The summed E-state index contributed by atoms with van der Waals surface area (Å²) in [6.07, 6.45) is 2.96. The van der Waals surface area contributed by atoms with Gasteiger partial charge in [0.2, 0.25) is 0 Å². The lowest BCUT2D eigenvalue weighted by Crippen LogP contribution is -1.85. The number of hydrogen-bond acceptors (Lipinski definition) is 1. The van der Waals surface area contributed by atoms with Crippen molar-refractivity contribution in [3.05, 3.63) is 45.7 Å². The van der Waals surface area contributed by atoms with Crippen LogP contribution in [0.15, 0.2) is 41.0 Å². The van der Waals surface area contributed by atoms with Gasteiger partial charge in [-0.05, 0) is 29.0 Å². The first-order valence-electron chi connectivity index (χ1n) is 4.70. The average molecular weight is 424 g/mol. The van der Waals surface area contributed by atoms with Crippen molar-refractivity contribution in [1.82, 2.24) is 0 Å². The van der Waals surface area contributed by atoms with E-state index < -0.39 is 0 Å². The molecule has 0 bridgehead atoms. The Hall–Kier alpha value is -0.0400. The van der Waals surface area contributed by atoms with Crippen molar-refractivity contribution in [3.8, 4) is 11.3 Å². The molecule has 78 valence electrons. The molecule has 15 heavy (non-hydrogen) atoms. The average Bonchev–Trinajstić information content (AvgIpc) is 2.63. The third kappa shape index (κ3) is 2.55. The van der Waals surface area contributed by atoms with Gasteiger partial charge in [-0.3, -0.25) is 0 Å². The minimum atomic E-state index is 0.996. The van der Waals surface area contributed by atoms with Gasteiger partial charge in [0.25, 0.3) is 0 Å². The van der Waals surface area contributed by atoms with Crippen LogP contribution in [0.5, 0.6) is 0 Å². The van der Waals surface area contributed by atoms with Crippen LogP contribution in [0.4, 0.5) is 0 Å². The topological polar surface area (TPSA) is 13.1 Å². The van der Waals surface area contributed by atoms with Crippen molar-refractivity contribution in [1.29, 1.82) is 0 Å². The van der Waals surface area contributed by atoms with Crippen LogP contribution in [0.3, 0.4) is 0 Å². The van der Waals surface area contributed by atoms with Crippen molar-refractivity contribution in [2.75, 3.05) is 4.43 Å². The van der Waals surface area contributed by atoms with E-state index in [-0.39, 0.29) is 0 Å². The van der Waals surface area contributed by atoms with E-state index in [1.165, 1.54) is 9.13 Å². The lowest BCUT2D eigenvalue weighted by atomic mass is 10.1. The maximum atomic E-state index is 5.62. The van der Waals surface area contributed by atoms with E-state index in [1.807, 2.05) is 24.5 Å². The van der Waals surface area contributed by atoms with Crippen LogP contribution in [-0.2, 0) is 6.42 Å². The van der Waals surface area contributed by atoms with Gasteiger partial charge in [-0.25, -0.2) is 0 Å². The van der Waals surface area contributed by atoms with Gasteiger partial charge in [0.15, 0.2) is 0 Å². The van der Waals surface area contributed by atoms with E-state index in [2.05, 4.69) is 57.3 Å². The van der Waals surface area contributed by atoms with Crippen LogP contribution >= 0.6 is 45.2 Å². The number of halogens is 2. The molecular formula is C12H10I2O. The summed E-state index contributed by atoms with van der Waals surface area (Å²) in [6.45, 7) is 0. The molecule has 2 aromatic rings. The van der Waals surface area contributed by atoms with Gasteiger partial charge in [0.1, 0.15) is 5.76 Å². The van der Waals surface area contributed by atoms with Crippen molar-refractivity contribution in [2.45, 2.75) is 6.42 Å². The lowest BCUT2D eigenvalue weighted by Gasteiger charge is -1.97. The molecule has 0 saturated heterocycles. The van der Waals surface area contributed by atoms with Crippen molar-refractivity contribution in [2.24, 2.45) is 0 Å². The van der Waals surface area contributed by atoms with Gasteiger partial charge in [-0.15, -0.1) is 0 Å². The van der Waals surface area contributed by atoms with E-state index in [0.29, 0.717) is 0 Å². The first-order valence-corrected chi connectivity index (χ1v) is 7.30. The molecule has 0 fully saturated rings. The van der Waals surface area contributed by atoms with Crippen LogP contribution in [0.25, 0.3) is 11.3 Å². The fourth-order valence-corrected chi connectivity index (χ4v) is 2.85. The zero-order valence-electron chi connectivity index (χ0n) is 8.04. The SMILES string of the molecule is ICCc1coc(-c2ccccc2)c1I. The Balaban J connectivity index is 2.38. The number of alkyl halides is 1. The molecule has 0 spiro atoms. The van der Waals surface area contributed by atoms with Crippen LogP contribution in [0.1, 0.15) is 5.56 Å². The normalized spacial score (nSPS) is 10.5. The number of aryl methyl sites for hydroxylation is 1. The monoisotopic (exact) mass is 424 g/mol. The second kappa shape index (κ2) is 5.34. The van der Waals surface area contributed by atoms with Crippen molar-refractivity contribution >= 4 is 45.2 Å². The number of benzene rings is 1. The number of rotatable bonds is 3. The van der Waals surface area contributed by atoms with Crippen LogP contribution in [-0.4, -0.2) is 4.43 Å². The molecule has 0 aliphatic heterocycles. The third-order valence-corrected chi connectivity index (χ3v) is 3.92. The molecule has 3 heteroatoms. The zero-order chi connectivity index (χ0) is 10.7. The second-order valence-electron chi connectivity index (χ2n) is 3.21. The molecule has 1 aromatic carbocycles. The summed E-state index contributed by atoms with van der Waals surface area (Å²) in [4.78, 5) is 0. The highest BCUT2D eigenvalue weighted by Gasteiger charge is 2.11. The molecule has 0 amide bonds. The fourth-order valence-electron chi connectivity index (χ4n) is 1.43. The van der Waals surface area contributed by atoms with Gasteiger partial charge in [0, 0.05) is 15.6 Å². The highest BCUT2D eigenvalue weighted by atomic mass is 127. The molecule has 0 radical (unpaired) electrons. The Bertz CT molecular complexity index is 434. The summed E-state index contributed by atoms with van der Waals surface area (Å²) in [5, 5.41) is 0. The van der Waals surface area contributed by atoms with Gasteiger partial charge in [-0.1, -0.05) is 52.9 Å². The molecule has 1 nitrogen and oxygen atoms in total. The molecule has 2 rings (SSSR count). The molecule has 0 unspecified atom stereocenters. The van der Waals surface area contributed by atoms with E-state index in [4.69, 9.17) is 4.42 Å². The third-order valence-electron chi connectivity index (χ3n) is 2.20. The first-order chi connectivity index (χ1) is 7.33. The van der Waals surface area contributed by atoms with Gasteiger partial charge in [0.05, 0.1) is 9.83 Å². The van der Waals surface area contributed by atoms with Crippen molar-refractivity contribution < 1.29 is 4.42 Å². The molecular weight excluding hydrogens is 414 g/mol. The second-order valence-corrected chi connectivity index (χ2v) is 5.37. The summed E-state index contributed by atoms with van der Waals surface area (Å²) in [7, 11) is 0. The predicted molar refractivity (Wildman–Crippen MR) is 79.5 cm³/mol. The molecule has 0 aliphatic rings. The maximum absolute atomic E-state index is 5.62. The minimum Gasteiger partial charge on any atom is -0.463 e. The summed E-state index contributed by atoms with van der Waals surface area (Å²) >= 11 is 4.75. The quantitative estimate of drug-likeness (QED) is 0.522. The highest BCUT2D eigenvalue weighted by Crippen LogP contribution is 2.29. The Labute approximate surface area is 117 Å². The van der Waals surface area contributed by atoms with Crippen LogP contribution in [0.2, 0.25) is 0 Å². The molecule has 0 aliphatic carbocycles. The summed E-state index contributed by atoms with van der Waals surface area (Å²) in [5.74, 6) is 0.996. The number of hydrogen-bond donors (Lipinski definition) is 0. The summed E-state index contributed by atoms with van der Waals surface area (Å²) < 4.78 is 8.00. The van der Waals surface area contributed by atoms with E-state index >= 15 is 0 Å². The Kier molecular flexibility index (Phi) is 4.07. The zero-order valence-corrected chi connectivity index (χ0v) is 12.4. The lowest BCUT2D eigenvalue weighted by molar-refractivity contribution is 0.578. The van der Waals surface area contributed by atoms with E-state index in [0.717, 1.165) is 22.2 Å². The fraction of sp³-hybridized carbons (Fsp3) is 0.167. The van der Waals surface area contributed by atoms with Gasteiger partial charge in [-0.2, -0.15) is 0 Å². The standard InChI is InChI=1S/C12H10I2O/c13-7-6-10-8-15-12(11(10)14)9-4-2-1-3-5-9/h1-5,8H,6-7H2. The number of furan rings is 1. The van der Waals surface area contributed by atoms with Crippen LogP contribution < -0.4 is 0 Å². The Morgan fingerprint density at radius 1 is 1.13 bits per heavy atom. The smallest absolute Gasteiger partial charge is 0.147 e. The van der Waals surface area contributed by atoms with E-state index in [1.54, 1.807) is 0 Å². The minimum absolute atomic E-state index is 0.996. The largest absolute Gasteiger partial charge is 0.463 e. The molecule has 0 atom stereocenters. The highest BCUT2D eigenvalue weighted by molar-refractivity contribution is 14.1. The van der Waals surface area contributed by atoms with Gasteiger partial charge < -0.3 is 4.42 Å². The van der Waals surface area contributed by atoms with E-state index in [9.17, 15) is 0 Å². The molecule has 0 N–H and O–H groups in total. The van der Waals surface area contributed by atoms with Crippen LogP contribution in [0, 0.1) is 3.57 Å².